The van der Waals surface area contributed by atoms with Crippen molar-refractivity contribution in [1.82, 2.24) is 14.9 Å². The van der Waals surface area contributed by atoms with Crippen LogP contribution in [0.1, 0.15) is 74.0 Å². The van der Waals surface area contributed by atoms with Crippen LogP contribution in [0.3, 0.4) is 0 Å². The molecule has 0 unspecified atom stereocenters. The molecule has 1 aromatic heterocycles. The second kappa shape index (κ2) is 10.00. The van der Waals surface area contributed by atoms with E-state index in [9.17, 15) is 4.79 Å². The molecule has 0 bridgehead atoms. The first-order valence-corrected chi connectivity index (χ1v) is 12.4. The number of carbonyl (C=O) groups is 1. The van der Waals surface area contributed by atoms with E-state index < -0.39 is 0 Å². The van der Waals surface area contributed by atoms with Gasteiger partial charge in [-0.2, -0.15) is 0 Å². The van der Waals surface area contributed by atoms with E-state index in [1.54, 1.807) is 0 Å². The van der Waals surface area contributed by atoms with Gasteiger partial charge >= 0.3 is 0 Å². The van der Waals surface area contributed by atoms with Crippen molar-refractivity contribution in [2.75, 3.05) is 24.6 Å². The van der Waals surface area contributed by atoms with Gasteiger partial charge in [0.15, 0.2) is 0 Å². The minimum absolute atomic E-state index is 0.0559. The smallest absolute Gasteiger partial charge is 0.225 e. The van der Waals surface area contributed by atoms with Crippen molar-refractivity contribution in [2.24, 2.45) is 5.92 Å². The van der Waals surface area contributed by atoms with Gasteiger partial charge in [0.1, 0.15) is 11.6 Å². The van der Waals surface area contributed by atoms with Crippen molar-refractivity contribution in [1.29, 1.82) is 0 Å². The van der Waals surface area contributed by atoms with Gasteiger partial charge in [0.2, 0.25) is 5.91 Å². The van der Waals surface area contributed by atoms with E-state index in [-0.39, 0.29) is 12.0 Å². The molecule has 2 aromatic carbocycles. The van der Waals surface area contributed by atoms with Crippen LogP contribution < -0.4 is 11.1 Å². The SMILES string of the molecule is CCN(C)C(=O)C1CCC(c2ccc3nc(C)nc(N[C@@H](C)c4cc(C)cc(N)c4)c3c2)CC1. The maximum absolute atomic E-state index is 12.6. The third kappa shape index (κ3) is 5.16. The summed E-state index contributed by atoms with van der Waals surface area (Å²) in [6.45, 7) is 8.92. The number of rotatable bonds is 6. The summed E-state index contributed by atoms with van der Waals surface area (Å²) in [6.07, 6.45) is 3.97. The van der Waals surface area contributed by atoms with E-state index in [1.807, 2.05) is 37.9 Å². The lowest BCUT2D eigenvalue weighted by Crippen LogP contribution is -2.34. The van der Waals surface area contributed by atoms with Gasteiger partial charge in [0, 0.05) is 30.6 Å². The minimum Gasteiger partial charge on any atom is -0.399 e. The molecule has 1 amide bonds. The number of carbonyl (C=O) groups excluding carboxylic acids is 1. The summed E-state index contributed by atoms with van der Waals surface area (Å²) in [7, 11) is 1.90. The minimum atomic E-state index is 0.0559. The van der Waals surface area contributed by atoms with Crippen LogP contribution >= 0.6 is 0 Å². The number of nitrogens with zero attached hydrogens (tertiary/aromatic N) is 3. The molecule has 34 heavy (non-hydrogen) atoms. The Morgan fingerprint density at radius 1 is 1.12 bits per heavy atom. The molecule has 4 rings (SSSR count). The molecule has 3 aromatic rings. The molecular weight excluding hydrogens is 422 g/mol. The molecule has 0 saturated heterocycles. The highest BCUT2D eigenvalue weighted by Crippen LogP contribution is 2.38. The molecule has 1 aliphatic carbocycles. The number of hydrogen-bond donors (Lipinski definition) is 2. The van der Waals surface area contributed by atoms with Gasteiger partial charge in [-0.3, -0.25) is 4.79 Å². The van der Waals surface area contributed by atoms with E-state index in [4.69, 9.17) is 10.7 Å². The zero-order valence-corrected chi connectivity index (χ0v) is 21.1. The topological polar surface area (TPSA) is 84.1 Å². The molecule has 1 atom stereocenters. The summed E-state index contributed by atoms with van der Waals surface area (Å²) in [5.41, 5.74) is 11.4. The Balaban J connectivity index is 1.57. The number of benzene rings is 2. The molecule has 1 fully saturated rings. The van der Waals surface area contributed by atoms with Crippen molar-refractivity contribution in [2.45, 2.75) is 65.3 Å². The highest BCUT2D eigenvalue weighted by molar-refractivity contribution is 5.90. The molecule has 6 heteroatoms. The van der Waals surface area contributed by atoms with Gasteiger partial charge in [-0.1, -0.05) is 12.1 Å². The van der Waals surface area contributed by atoms with Crippen LogP contribution in [0.5, 0.6) is 0 Å². The first-order valence-electron chi connectivity index (χ1n) is 12.4. The number of hydrogen-bond acceptors (Lipinski definition) is 5. The Morgan fingerprint density at radius 2 is 1.85 bits per heavy atom. The predicted molar refractivity (Wildman–Crippen MR) is 140 cm³/mol. The van der Waals surface area contributed by atoms with Crippen LogP contribution in [0.4, 0.5) is 11.5 Å². The maximum atomic E-state index is 12.6. The molecule has 0 spiro atoms. The van der Waals surface area contributed by atoms with E-state index in [0.29, 0.717) is 11.8 Å². The number of nitrogens with one attached hydrogen (secondary N) is 1. The highest BCUT2D eigenvalue weighted by Gasteiger charge is 2.28. The summed E-state index contributed by atoms with van der Waals surface area (Å²) in [4.78, 5) is 23.9. The van der Waals surface area contributed by atoms with E-state index in [0.717, 1.165) is 71.6 Å². The van der Waals surface area contributed by atoms with Crippen LogP contribution in [-0.4, -0.2) is 34.4 Å². The summed E-state index contributed by atoms with van der Waals surface area (Å²) in [6, 6.07) is 12.8. The van der Waals surface area contributed by atoms with Gasteiger partial charge in [0.25, 0.3) is 0 Å². The van der Waals surface area contributed by atoms with Gasteiger partial charge < -0.3 is 16.0 Å². The largest absolute Gasteiger partial charge is 0.399 e. The lowest BCUT2D eigenvalue weighted by atomic mass is 9.78. The summed E-state index contributed by atoms with van der Waals surface area (Å²) in [5.74, 6) is 2.51. The van der Waals surface area contributed by atoms with E-state index in [1.165, 1.54) is 5.56 Å². The van der Waals surface area contributed by atoms with Crippen molar-refractivity contribution in [3.8, 4) is 0 Å². The average molecular weight is 460 g/mol. The van der Waals surface area contributed by atoms with Crippen molar-refractivity contribution in [3.05, 3.63) is 58.9 Å². The van der Waals surface area contributed by atoms with E-state index in [2.05, 4.69) is 48.4 Å². The molecule has 1 heterocycles. The van der Waals surface area contributed by atoms with Gasteiger partial charge in [-0.15, -0.1) is 0 Å². The van der Waals surface area contributed by atoms with Crippen molar-refractivity contribution < 1.29 is 4.79 Å². The predicted octanol–water partition coefficient (Wildman–Crippen LogP) is 5.75. The lowest BCUT2D eigenvalue weighted by molar-refractivity contribution is -0.135. The second-order valence-electron chi connectivity index (χ2n) is 9.84. The Morgan fingerprint density at radius 3 is 2.53 bits per heavy atom. The number of amides is 1. The van der Waals surface area contributed by atoms with Crippen LogP contribution in [0.15, 0.2) is 36.4 Å². The van der Waals surface area contributed by atoms with Crippen LogP contribution in [0.2, 0.25) is 0 Å². The third-order valence-corrected chi connectivity index (χ3v) is 7.21. The molecule has 6 nitrogen and oxygen atoms in total. The summed E-state index contributed by atoms with van der Waals surface area (Å²) < 4.78 is 0. The average Bonchev–Trinajstić information content (AvgIpc) is 2.82. The molecule has 0 aliphatic heterocycles. The fourth-order valence-corrected chi connectivity index (χ4v) is 5.15. The van der Waals surface area contributed by atoms with Gasteiger partial charge in [-0.25, -0.2) is 9.97 Å². The first-order chi connectivity index (χ1) is 16.2. The van der Waals surface area contributed by atoms with Crippen LogP contribution in [0, 0.1) is 19.8 Å². The molecule has 1 aliphatic rings. The number of aromatic nitrogens is 2. The zero-order valence-electron chi connectivity index (χ0n) is 21.1. The van der Waals surface area contributed by atoms with Crippen molar-refractivity contribution >= 4 is 28.3 Å². The van der Waals surface area contributed by atoms with Gasteiger partial charge in [0.05, 0.1) is 11.6 Å². The Hall–Kier alpha value is -3.15. The normalized spacial score (nSPS) is 19.1. The Kier molecular flexibility index (Phi) is 7.05. The molecule has 1 saturated carbocycles. The summed E-state index contributed by atoms with van der Waals surface area (Å²) >= 11 is 0. The van der Waals surface area contributed by atoms with Crippen LogP contribution in [-0.2, 0) is 4.79 Å². The molecular formula is C28H37N5O. The quantitative estimate of drug-likeness (QED) is 0.458. The molecule has 3 N–H and O–H groups in total. The summed E-state index contributed by atoms with van der Waals surface area (Å²) in [5, 5.41) is 4.65. The Bertz CT molecular complexity index is 1160. The number of nitrogens with two attached hydrogens (primary N) is 1. The molecule has 180 valence electrons. The number of anilines is 2. The third-order valence-electron chi connectivity index (χ3n) is 7.21. The number of nitrogen functional groups attached to an aromatic ring is 1. The maximum Gasteiger partial charge on any atom is 0.225 e. The van der Waals surface area contributed by atoms with E-state index >= 15 is 0 Å². The molecule has 0 radical (unpaired) electrons. The zero-order chi connectivity index (χ0) is 24.4. The monoisotopic (exact) mass is 459 g/mol. The Labute approximate surface area is 203 Å². The van der Waals surface area contributed by atoms with Crippen molar-refractivity contribution in [3.63, 3.8) is 0 Å². The fourth-order valence-electron chi connectivity index (χ4n) is 5.15. The standard InChI is InChI=1S/C28H37N5O/c1-6-33(5)28(34)21-9-7-20(8-10-21)22-11-12-26-25(16-22)27(32-19(4)31-26)30-18(3)23-13-17(2)14-24(29)15-23/h11-16,18,20-21H,6-10,29H2,1-5H3,(H,30,31,32)/t18-,20?,21?/m0/s1. The highest BCUT2D eigenvalue weighted by atomic mass is 16.2. The first kappa shape index (κ1) is 24.0. The van der Waals surface area contributed by atoms with Crippen LogP contribution in [0.25, 0.3) is 10.9 Å². The number of aryl methyl sites for hydroxylation is 2. The lowest BCUT2D eigenvalue weighted by Gasteiger charge is -2.30. The number of fused-ring (bicyclic) bond motifs is 1. The van der Waals surface area contributed by atoms with Gasteiger partial charge in [-0.05, 0) is 100 Å². The fraction of sp³-hybridized carbons (Fsp3) is 0.464. The second-order valence-corrected chi connectivity index (χ2v) is 9.84.